The van der Waals surface area contributed by atoms with E-state index in [0.29, 0.717) is 5.56 Å². The Hall–Kier alpha value is -3.11. The number of halogens is 6. The molecule has 3 rings (SSSR count). The van der Waals surface area contributed by atoms with Gasteiger partial charge >= 0.3 is 18.3 Å². The number of alkyl halides is 6. The highest BCUT2D eigenvalue weighted by atomic mass is 32.2. The van der Waals surface area contributed by atoms with Crippen LogP contribution >= 0.6 is 23.1 Å². The summed E-state index contributed by atoms with van der Waals surface area (Å²) in [5, 5.41) is 14.7. The Bertz CT molecular complexity index is 1400. The van der Waals surface area contributed by atoms with Crippen LogP contribution in [0.5, 0.6) is 0 Å². The fraction of sp³-hybridized carbons (Fsp3) is 0.227. The smallest absolute Gasteiger partial charge is 0.475 e. The standard InChI is InChI=1S/C20H17F3N2O3S3.C2HF3O2/c1-29-17-15(10-14(30-17)16(24)25)31(27,28)19(18(26)20(21,22)23)9-5-8-13(11-19)12-6-3-2-4-7-12;3-2(4,5)1(6)7/h2-10H,11H2,1H3,(H3,24,25);(H,6,7). The average Bonchev–Trinajstić information content (AvgIpc) is 3.29. The van der Waals surface area contributed by atoms with E-state index in [1.807, 2.05) is 0 Å². The number of carboxylic acid groups (broad SMARTS) is 1. The predicted octanol–water partition coefficient (Wildman–Crippen LogP) is 5.07. The van der Waals surface area contributed by atoms with Gasteiger partial charge in [-0.25, -0.2) is 13.2 Å². The molecule has 16 heteroatoms. The van der Waals surface area contributed by atoms with E-state index in [0.717, 1.165) is 35.2 Å². The van der Waals surface area contributed by atoms with Crippen LogP contribution in [-0.4, -0.2) is 54.5 Å². The molecule has 1 unspecified atom stereocenters. The summed E-state index contributed by atoms with van der Waals surface area (Å²) in [6, 6.07) is 9.37. The first-order valence-corrected chi connectivity index (χ1v) is 13.5. The van der Waals surface area contributed by atoms with Gasteiger partial charge in [0.15, 0.2) is 14.6 Å². The maximum absolute atomic E-state index is 13.7. The number of allylic oxidation sites excluding steroid dienone is 3. The molecule has 0 fully saturated rings. The highest BCUT2D eigenvalue weighted by Gasteiger charge is 2.60. The number of carbonyl (C=O) groups is 2. The van der Waals surface area contributed by atoms with E-state index >= 15 is 0 Å². The molecule has 1 aromatic carbocycles. The van der Waals surface area contributed by atoms with E-state index < -0.39 is 55.8 Å². The molecule has 0 aliphatic heterocycles. The van der Waals surface area contributed by atoms with Crippen molar-refractivity contribution in [1.82, 2.24) is 0 Å². The number of hydrogen-bond donors (Lipinski definition) is 3. The van der Waals surface area contributed by atoms with Crippen molar-refractivity contribution in [3.05, 3.63) is 65.1 Å². The highest BCUT2D eigenvalue weighted by Crippen LogP contribution is 2.46. The zero-order chi connectivity index (χ0) is 29.1. The number of carbonyl (C=O) groups excluding carboxylic acids is 1. The minimum Gasteiger partial charge on any atom is -0.475 e. The quantitative estimate of drug-likeness (QED) is 0.182. The van der Waals surface area contributed by atoms with Gasteiger partial charge in [0, 0.05) is 6.42 Å². The van der Waals surface area contributed by atoms with Crippen LogP contribution in [0.25, 0.3) is 5.57 Å². The van der Waals surface area contributed by atoms with Crippen molar-refractivity contribution in [2.24, 2.45) is 5.73 Å². The Balaban J connectivity index is 0.000000638. The molecular weight excluding hydrogens is 582 g/mol. The Morgan fingerprint density at radius 3 is 2.11 bits per heavy atom. The van der Waals surface area contributed by atoms with Gasteiger partial charge in [0.1, 0.15) is 5.84 Å². The van der Waals surface area contributed by atoms with Crippen molar-refractivity contribution in [3.63, 3.8) is 0 Å². The minimum atomic E-state index is -5.38. The van der Waals surface area contributed by atoms with Crippen LogP contribution in [0.4, 0.5) is 26.3 Å². The van der Waals surface area contributed by atoms with Crippen LogP contribution in [0.15, 0.2) is 63.7 Å². The van der Waals surface area contributed by atoms with Gasteiger partial charge in [-0.3, -0.25) is 10.2 Å². The topological polar surface area (TPSA) is 138 Å². The van der Waals surface area contributed by atoms with Gasteiger partial charge in [0.25, 0.3) is 5.78 Å². The lowest BCUT2D eigenvalue weighted by molar-refractivity contribution is -0.192. The molecule has 0 saturated heterocycles. The summed E-state index contributed by atoms with van der Waals surface area (Å²) in [4.78, 5) is 21.2. The summed E-state index contributed by atoms with van der Waals surface area (Å²) in [7, 11) is -4.86. The molecule has 2 aromatic rings. The number of thioether (sulfide) groups is 1. The van der Waals surface area contributed by atoms with Crippen molar-refractivity contribution < 1.29 is 49.5 Å². The second-order valence-electron chi connectivity index (χ2n) is 7.50. The molecule has 1 aliphatic rings. The minimum absolute atomic E-state index is 0.0937. The summed E-state index contributed by atoms with van der Waals surface area (Å²) in [5.41, 5.74) is 6.26. The van der Waals surface area contributed by atoms with Gasteiger partial charge in [-0.2, -0.15) is 26.3 Å². The number of ketones is 1. The Morgan fingerprint density at radius 1 is 1.11 bits per heavy atom. The van der Waals surface area contributed by atoms with Crippen LogP contribution < -0.4 is 5.73 Å². The van der Waals surface area contributed by atoms with E-state index in [1.54, 1.807) is 36.6 Å². The molecule has 4 N–H and O–H groups in total. The highest BCUT2D eigenvalue weighted by molar-refractivity contribution is 8.01. The zero-order valence-electron chi connectivity index (χ0n) is 19.1. The van der Waals surface area contributed by atoms with Crippen molar-refractivity contribution in [2.45, 2.75) is 32.6 Å². The van der Waals surface area contributed by atoms with Gasteiger partial charge in [0.05, 0.1) is 14.0 Å². The second-order valence-corrected chi connectivity index (χ2v) is 11.8. The Morgan fingerprint density at radius 2 is 1.66 bits per heavy atom. The number of carboxylic acids is 1. The number of hydrogen-bond acceptors (Lipinski definition) is 7. The van der Waals surface area contributed by atoms with E-state index in [-0.39, 0.29) is 14.7 Å². The van der Waals surface area contributed by atoms with E-state index in [1.165, 1.54) is 12.2 Å². The Labute approximate surface area is 220 Å². The van der Waals surface area contributed by atoms with Crippen molar-refractivity contribution in [2.75, 3.05) is 6.26 Å². The molecule has 0 saturated carbocycles. The molecule has 1 atom stereocenters. The van der Waals surface area contributed by atoms with Gasteiger partial charge in [-0.1, -0.05) is 48.6 Å². The fourth-order valence-corrected chi connectivity index (χ4v) is 7.75. The van der Waals surface area contributed by atoms with Crippen molar-refractivity contribution in [1.29, 1.82) is 5.41 Å². The van der Waals surface area contributed by atoms with Gasteiger partial charge < -0.3 is 10.8 Å². The number of sulfone groups is 1. The molecule has 1 heterocycles. The number of amidine groups is 1. The summed E-state index contributed by atoms with van der Waals surface area (Å²) < 4.78 is 97.3. The lowest BCUT2D eigenvalue weighted by Crippen LogP contribution is -2.51. The van der Waals surface area contributed by atoms with E-state index in [2.05, 4.69) is 0 Å². The summed E-state index contributed by atoms with van der Waals surface area (Å²) in [6.07, 6.45) is -6.11. The van der Waals surface area contributed by atoms with Gasteiger partial charge in [-0.05, 0) is 23.5 Å². The predicted molar refractivity (Wildman–Crippen MR) is 130 cm³/mol. The summed E-state index contributed by atoms with van der Waals surface area (Å²) >= 11 is 1.87. The third-order valence-electron chi connectivity index (χ3n) is 5.03. The lowest BCUT2D eigenvalue weighted by atomic mass is 9.86. The fourth-order valence-electron chi connectivity index (χ4n) is 3.29. The van der Waals surface area contributed by atoms with Crippen molar-refractivity contribution in [3.8, 4) is 0 Å². The first-order chi connectivity index (χ1) is 17.4. The van der Waals surface area contributed by atoms with Gasteiger partial charge in [-0.15, -0.1) is 23.1 Å². The number of rotatable bonds is 6. The summed E-state index contributed by atoms with van der Waals surface area (Å²) in [6.45, 7) is 0. The average molecular weight is 601 g/mol. The van der Waals surface area contributed by atoms with Crippen LogP contribution in [0.3, 0.4) is 0 Å². The Kier molecular flexibility index (Phi) is 9.27. The number of nitrogens with two attached hydrogens (primary N) is 1. The monoisotopic (exact) mass is 600 g/mol. The number of aliphatic carboxylic acids is 1. The lowest BCUT2D eigenvalue weighted by Gasteiger charge is -2.32. The van der Waals surface area contributed by atoms with Crippen LogP contribution in [0.2, 0.25) is 0 Å². The SMILES string of the molecule is CSc1sc(C(=N)N)cc1S(=O)(=O)C1(C(=O)C(F)(F)F)C=CC=C(c2ccccc2)C1.O=C(O)C(F)(F)F. The molecule has 0 bridgehead atoms. The van der Waals surface area contributed by atoms with E-state index in [9.17, 15) is 39.6 Å². The number of benzene rings is 1. The molecule has 1 aliphatic carbocycles. The third kappa shape index (κ3) is 6.47. The molecule has 7 nitrogen and oxygen atoms in total. The molecule has 38 heavy (non-hydrogen) atoms. The number of Topliss-reactive ketones (excluding diaryl/α,β-unsaturated/α-hetero) is 1. The second kappa shape index (κ2) is 11.3. The zero-order valence-corrected chi connectivity index (χ0v) is 21.5. The number of nitrogens with one attached hydrogen (secondary N) is 1. The molecule has 1 aromatic heterocycles. The number of thiophene rings is 1. The largest absolute Gasteiger partial charge is 0.490 e. The van der Waals surface area contributed by atoms with Crippen molar-refractivity contribution >= 4 is 56.1 Å². The van der Waals surface area contributed by atoms with E-state index in [4.69, 9.17) is 21.0 Å². The first-order valence-electron chi connectivity index (χ1n) is 10.0. The molecule has 206 valence electrons. The molecule has 0 radical (unpaired) electrons. The van der Waals surface area contributed by atoms with Crippen LogP contribution in [0.1, 0.15) is 16.9 Å². The normalized spacial score (nSPS) is 17.7. The van der Waals surface area contributed by atoms with Crippen LogP contribution in [-0.2, 0) is 19.4 Å². The molecule has 0 spiro atoms. The first kappa shape index (κ1) is 31.1. The molecule has 0 amide bonds. The maximum atomic E-state index is 13.7. The molecular formula is C22H18F6N2O5S3. The van der Waals surface area contributed by atoms with Crippen LogP contribution in [0, 0.1) is 5.41 Å². The summed E-state index contributed by atoms with van der Waals surface area (Å²) in [5.74, 6) is -5.53. The maximum Gasteiger partial charge on any atom is 0.490 e. The third-order valence-corrected chi connectivity index (χ3v) is 9.92. The van der Waals surface area contributed by atoms with Gasteiger partial charge in [0.2, 0.25) is 0 Å². The number of nitrogen functional groups attached to an aromatic ring is 1.